The van der Waals surface area contributed by atoms with Gasteiger partial charge in [-0.1, -0.05) is 42.5 Å². The summed E-state index contributed by atoms with van der Waals surface area (Å²) in [6, 6.07) is 14.6. The molecule has 0 heterocycles. The molecular weight excluding hydrogens is 254 g/mol. The Morgan fingerprint density at radius 2 is 1.68 bits per heavy atom. The van der Waals surface area contributed by atoms with E-state index in [4.69, 9.17) is 0 Å². The highest BCUT2D eigenvalue weighted by Gasteiger charge is 2.28. The van der Waals surface area contributed by atoms with Crippen molar-refractivity contribution in [1.29, 1.82) is 0 Å². The fourth-order valence-corrected chi connectivity index (χ4v) is 2.83. The number of fused-ring (bicyclic) bond motifs is 1. The molecule has 2 nitrogen and oxygen atoms in total. The van der Waals surface area contributed by atoms with Crippen molar-refractivity contribution in [2.45, 2.75) is 38.5 Å². The summed E-state index contributed by atoms with van der Waals surface area (Å²) in [7, 11) is 0. The third kappa shape index (κ3) is 3.30. The molecule has 2 aromatic rings. The number of benzene rings is 2. The molecule has 0 saturated carbocycles. The summed E-state index contributed by atoms with van der Waals surface area (Å²) in [4.78, 5) is 0. The highest BCUT2D eigenvalue weighted by atomic mass is 32.2. The minimum Gasteiger partial charge on any atom is -0.598 e. The van der Waals surface area contributed by atoms with E-state index >= 15 is 0 Å². The molecule has 0 aliphatic heterocycles. The molecule has 0 fully saturated rings. The fraction of sp³-hybridized carbons (Fsp3) is 0.375. The number of nitrogens with one attached hydrogen (secondary N) is 1. The summed E-state index contributed by atoms with van der Waals surface area (Å²) in [5.41, 5.74) is 1.19. The Morgan fingerprint density at radius 1 is 1.05 bits per heavy atom. The number of hydrogen-bond donors (Lipinski definition) is 1. The van der Waals surface area contributed by atoms with Crippen LogP contribution in [0, 0.1) is 0 Å². The first-order valence-corrected chi connectivity index (χ1v) is 7.70. The van der Waals surface area contributed by atoms with Crippen LogP contribution in [0.15, 0.2) is 42.5 Å². The first-order valence-electron chi connectivity index (χ1n) is 6.55. The third-order valence-corrected chi connectivity index (χ3v) is 4.81. The van der Waals surface area contributed by atoms with Crippen LogP contribution in [0.2, 0.25) is 0 Å². The van der Waals surface area contributed by atoms with Gasteiger partial charge in [0.2, 0.25) is 0 Å². The normalized spacial score (nSPS) is 15.4. The third-order valence-electron chi connectivity index (χ3n) is 3.13. The van der Waals surface area contributed by atoms with Crippen molar-refractivity contribution in [2.75, 3.05) is 0 Å². The van der Waals surface area contributed by atoms with Gasteiger partial charge in [-0.05, 0) is 44.0 Å². The van der Waals surface area contributed by atoms with Crippen molar-refractivity contribution in [3.63, 3.8) is 0 Å². The second-order valence-corrected chi connectivity index (χ2v) is 7.79. The fourth-order valence-electron chi connectivity index (χ4n) is 2.03. The van der Waals surface area contributed by atoms with E-state index in [2.05, 4.69) is 42.0 Å². The molecule has 0 radical (unpaired) electrons. The van der Waals surface area contributed by atoms with Gasteiger partial charge in [-0.3, -0.25) is 0 Å². The summed E-state index contributed by atoms with van der Waals surface area (Å²) in [5, 5.41) is 2.44. The van der Waals surface area contributed by atoms with Gasteiger partial charge in [-0.2, -0.15) is 0 Å². The standard InChI is InChI=1S/C16H21NOS/c1-12(17-19(18)16(2,3)4)14-11-7-9-13-8-5-6-10-15(13)14/h5-12,17H,1-4H3/t12-,19+/m0/s1. The van der Waals surface area contributed by atoms with Gasteiger partial charge < -0.3 is 4.55 Å². The maximum Gasteiger partial charge on any atom is 0.136 e. The molecule has 0 bridgehead atoms. The summed E-state index contributed by atoms with van der Waals surface area (Å²) < 4.78 is 15.1. The van der Waals surface area contributed by atoms with Crippen LogP contribution in [0.3, 0.4) is 0 Å². The zero-order valence-corrected chi connectivity index (χ0v) is 12.8. The van der Waals surface area contributed by atoms with Crippen molar-refractivity contribution in [2.24, 2.45) is 0 Å². The molecule has 0 saturated heterocycles. The van der Waals surface area contributed by atoms with Crippen LogP contribution in [0.5, 0.6) is 0 Å². The van der Waals surface area contributed by atoms with E-state index in [1.54, 1.807) is 0 Å². The Morgan fingerprint density at radius 3 is 2.37 bits per heavy atom. The van der Waals surface area contributed by atoms with Gasteiger partial charge in [-0.15, -0.1) is 4.72 Å². The number of hydrogen-bond acceptors (Lipinski definition) is 2. The zero-order valence-electron chi connectivity index (χ0n) is 11.9. The average Bonchev–Trinajstić information content (AvgIpc) is 2.36. The Bertz CT molecular complexity index is 557. The summed E-state index contributed by atoms with van der Waals surface area (Å²) in [6.07, 6.45) is 0. The van der Waals surface area contributed by atoms with Crippen LogP contribution in [0.25, 0.3) is 10.8 Å². The molecule has 1 N–H and O–H groups in total. The smallest absolute Gasteiger partial charge is 0.136 e. The monoisotopic (exact) mass is 275 g/mol. The van der Waals surface area contributed by atoms with E-state index in [1.807, 2.05) is 32.9 Å². The second-order valence-electron chi connectivity index (χ2n) is 5.79. The SMILES string of the molecule is C[C@H](N[S@+]([O-])C(C)(C)C)c1cccc2ccccc12. The lowest BCUT2D eigenvalue weighted by Gasteiger charge is -2.27. The summed E-state index contributed by atoms with van der Waals surface area (Å²) >= 11 is -1.06. The molecule has 19 heavy (non-hydrogen) atoms. The highest BCUT2D eigenvalue weighted by Crippen LogP contribution is 2.26. The largest absolute Gasteiger partial charge is 0.598 e. The van der Waals surface area contributed by atoms with Crippen LogP contribution >= 0.6 is 0 Å². The van der Waals surface area contributed by atoms with E-state index in [1.165, 1.54) is 16.3 Å². The molecule has 2 rings (SSSR count). The van der Waals surface area contributed by atoms with Crippen LogP contribution < -0.4 is 4.72 Å². The lowest BCUT2D eigenvalue weighted by atomic mass is 10.0. The lowest BCUT2D eigenvalue weighted by Crippen LogP contribution is -2.40. The maximum atomic E-state index is 12.2. The van der Waals surface area contributed by atoms with E-state index in [9.17, 15) is 4.55 Å². The van der Waals surface area contributed by atoms with E-state index in [0.29, 0.717) is 0 Å². The zero-order chi connectivity index (χ0) is 14.0. The van der Waals surface area contributed by atoms with Crippen molar-refractivity contribution < 1.29 is 4.55 Å². The van der Waals surface area contributed by atoms with Gasteiger partial charge in [0.15, 0.2) is 0 Å². The molecule has 0 amide bonds. The number of rotatable bonds is 3. The van der Waals surface area contributed by atoms with E-state index in [-0.39, 0.29) is 10.8 Å². The van der Waals surface area contributed by atoms with Crippen LogP contribution in [0.1, 0.15) is 39.3 Å². The van der Waals surface area contributed by atoms with Crippen LogP contribution in [-0.4, -0.2) is 9.30 Å². The van der Waals surface area contributed by atoms with Crippen molar-refractivity contribution in [3.05, 3.63) is 48.0 Å². The minimum absolute atomic E-state index is 0.0613. The topological polar surface area (TPSA) is 35.1 Å². The van der Waals surface area contributed by atoms with Crippen molar-refractivity contribution in [3.8, 4) is 0 Å². The highest BCUT2D eigenvalue weighted by molar-refractivity contribution is 7.90. The van der Waals surface area contributed by atoms with Gasteiger partial charge in [0.1, 0.15) is 4.75 Å². The van der Waals surface area contributed by atoms with E-state index in [0.717, 1.165) is 0 Å². The molecule has 0 aliphatic rings. The molecule has 102 valence electrons. The van der Waals surface area contributed by atoms with Crippen LogP contribution in [0.4, 0.5) is 0 Å². The quantitative estimate of drug-likeness (QED) is 0.861. The van der Waals surface area contributed by atoms with Gasteiger partial charge >= 0.3 is 0 Å². The van der Waals surface area contributed by atoms with Gasteiger partial charge in [0.05, 0.1) is 6.04 Å². The van der Waals surface area contributed by atoms with Crippen molar-refractivity contribution >= 4 is 22.1 Å². The Balaban J connectivity index is 2.29. The first kappa shape index (κ1) is 14.4. The van der Waals surface area contributed by atoms with E-state index < -0.39 is 11.4 Å². The Kier molecular flexibility index (Phi) is 4.19. The Labute approximate surface area is 118 Å². The van der Waals surface area contributed by atoms with Gasteiger partial charge in [0.25, 0.3) is 0 Å². The molecule has 0 aliphatic carbocycles. The molecule has 3 heteroatoms. The first-order chi connectivity index (χ1) is 8.89. The summed E-state index contributed by atoms with van der Waals surface area (Å²) in [5.74, 6) is 0. The predicted octanol–water partition coefficient (Wildman–Crippen LogP) is 3.95. The Hall–Kier alpha value is -1.03. The molecule has 0 aromatic heterocycles. The predicted molar refractivity (Wildman–Crippen MR) is 83.4 cm³/mol. The summed E-state index contributed by atoms with van der Waals surface area (Å²) in [6.45, 7) is 8.00. The average molecular weight is 275 g/mol. The molecular formula is C16H21NOS. The minimum atomic E-state index is -1.06. The van der Waals surface area contributed by atoms with Crippen LogP contribution in [-0.2, 0) is 11.4 Å². The maximum absolute atomic E-state index is 12.2. The lowest BCUT2D eigenvalue weighted by molar-refractivity contribution is 0.532. The molecule has 2 aromatic carbocycles. The van der Waals surface area contributed by atoms with Gasteiger partial charge in [-0.25, -0.2) is 0 Å². The van der Waals surface area contributed by atoms with Crippen molar-refractivity contribution in [1.82, 2.24) is 4.72 Å². The molecule has 0 spiro atoms. The molecule has 2 atom stereocenters. The second kappa shape index (κ2) is 5.53. The molecule has 0 unspecified atom stereocenters. The van der Waals surface area contributed by atoms with Gasteiger partial charge in [0, 0.05) is 11.4 Å².